The molecule has 0 aliphatic rings. The van der Waals surface area contributed by atoms with Crippen LogP contribution in [0.3, 0.4) is 0 Å². The number of rotatable bonds is 4. The maximum atomic E-state index is 12.0. The number of carbonyl (C=O) groups is 1. The Bertz CT molecular complexity index is 632. The Morgan fingerprint density at radius 2 is 2.25 bits per heavy atom. The van der Waals surface area contributed by atoms with Crippen LogP contribution in [-0.4, -0.2) is 21.4 Å². The Hall–Kier alpha value is -1.73. The fraction of sp³-hybridized carbons (Fsp3) is 0.250. The van der Waals surface area contributed by atoms with Gasteiger partial charge in [0.15, 0.2) is 0 Å². The molecule has 3 N–H and O–H groups in total. The second-order valence-electron chi connectivity index (χ2n) is 4.08. The highest BCUT2D eigenvalue weighted by molar-refractivity contribution is 8.00. The summed E-state index contributed by atoms with van der Waals surface area (Å²) in [5.41, 5.74) is 6.65. The molecule has 0 aliphatic carbocycles. The standard InChI is InChI=1S/C12H13ClN4O2S/c1-6(20-12-17-16-7(2)19-12)11(18)15-10-4-3-8(14)5-9(10)13/h3-6H,14H2,1-2H3,(H,15,18). The van der Waals surface area contributed by atoms with Crippen LogP contribution < -0.4 is 11.1 Å². The molecule has 0 radical (unpaired) electrons. The monoisotopic (exact) mass is 312 g/mol. The number of hydrogen-bond donors (Lipinski definition) is 2. The number of halogens is 1. The van der Waals surface area contributed by atoms with Crippen LogP contribution in [0.1, 0.15) is 12.8 Å². The van der Waals surface area contributed by atoms with E-state index in [9.17, 15) is 4.79 Å². The van der Waals surface area contributed by atoms with Crippen molar-refractivity contribution in [3.63, 3.8) is 0 Å². The van der Waals surface area contributed by atoms with Crippen LogP contribution in [0.2, 0.25) is 5.02 Å². The van der Waals surface area contributed by atoms with Gasteiger partial charge in [0.25, 0.3) is 5.22 Å². The van der Waals surface area contributed by atoms with Gasteiger partial charge in [-0.15, -0.1) is 10.2 Å². The number of nitrogen functional groups attached to an aromatic ring is 1. The van der Waals surface area contributed by atoms with E-state index in [0.717, 1.165) is 0 Å². The molecule has 1 atom stereocenters. The fourth-order valence-electron chi connectivity index (χ4n) is 1.40. The maximum absolute atomic E-state index is 12.0. The van der Waals surface area contributed by atoms with Crippen molar-refractivity contribution in [2.45, 2.75) is 24.3 Å². The van der Waals surface area contributed by atoms with Crippen LogP contribution in [0.5, 0.6) is 0 Å². The molecule has 2 aromatic rings. The smallest absolute Gasteiger partial charge is 0.277 e. The summed E-state index contributed by atoms with van der Waals surface area (Å²) >= 11 is 7.18. The van der Waals surface area contributed by atoms with E-state index in [4.69, 9.17) is 21.8 Å². The minimum Gasteiger partial charge on any atom is -0.416 e. The second kappa shape index (κ2) is 6.15. The summed E-state index contributed by atoms with van der Waals surface area (Å²) in [5.74, 6) is 0.249. The van der Waals surface area contributed by atoms with Gasteiger partial charge in [0.2, 0.25) is 11.8 Å². The molecular formula is C12H13ClN4O2S. The topological polar surface area (TPSA) is 94.0 Å². The molecule has 1 aromatic heterocycles. The number of thioether (sulfide) groups is 1. The molecule has 0 aliphatic heterocycles. The maximum Gasteiger partial charge on any atom is 0.277 e. The van der Waals surface area contributed by atoms with Crippen molar-refractivity contribution >= 4 is 40.6 Å². The van der Waals surface area contributed by atoms with Crippen molar-refractivity contribution in [2.75, 3.05) is 11.1 Å². The molecule has 8 heteroatoms. The number of amides is 1. The lowest BCUT2D eigenvalue weighted by Gasteiger charge is -2.11. The Morgan fingerprint density at radius 1 is 1.50 bits per heavy atom. The van der Waals surface area contributed by atoms with Crippen LogP contribution >= 0.6 is 23.4 Å². The lowest BCUT2D eigenvalue weighted by Crippen LogP contribution is -2.22. The first-order chi connectivity index (χ1) is 9.45. The Kier molecular flexibility index (Phi) is 4.51. The number of nitrogens with two attached hydrogens (primary N) is 1. The lowest BCUT2D eigenvalue weighted by atomic mass is 10.2. The van der Waals surface area contributed by atoms with Gasteiger partial charge in [0.05, 0.1) is 16.0 Å². The first-order valence-corrected chi connectivity index (χ1v) is 7.04. The average Bonchev–Trinajstić information content (AvgIpc) is 2.78. The van der Waals surface area contributed by atoms with Crippen molar-refractivity contribution in [1.82, 2.24) is 10.2 Å². The van der Waals surface area contributed by atoms with Gasteiger partial charge in [-0.1, -0.05) is 23.4 Å². The fourth-order valence-corrected chi connectivity index (χ4v) is 2.36. The zero-order valence-corrected chi connectivity index (χ0v) is 12.5. The summed E-state index contributed by atoms with van der Waals surface area (Å²) < 4.78 is 5.21. The molecule has 1 heterocycles. The predicted molar refractivity (Wildman–Crippen MR) is 78.8 cm³/mol. The second-order valence-corrected chi connectivity index (χ2v) is 5.77. The van der Waals surface area contributed by atoms with E-state index in [1.165, 1.54) is 11.8 Å². The highest BCUT2D eigenvalue weighted by atomic mass is 35.5. The van der Waals surface area contributed by atoms with Crippen molar-refractivity contribution < 1.29 is 9.21 Å². The molecule has 20 heavy (non-hydrogen) atoms. The quantitative estimate of drug-likeness (QED) is 0.666. The molecule has 0 saturated carbocycles. The van der Waals surface area contributed by atoms with Crippen LogP contribution in [0.4, 0.5) is 11.4 Å². The summed E-state index contributed by atoms with van der Waals surface area (Å²) in [6.07, 6.45) is 0. The van der Waals surface area contributed by atoms with E-state index in [2.05, 4.69) is 15.5 Å². The first-order valence-electron chi connectivity index (χ1n) is 5.78. The molecule has 1 aromatic carbocycles. The molecule has 2 rings (SSSR count). The summed E-state index contributed by atoms with van der Waals surface area (Å²) in [6, 6.07) is 4.90. The number of aryl methyl sites for hydroxylation is 1. The molecule has 0 bridgehead atoms. The van der Waals surface area contributed by atoms with Crippen LogP contribution in [0.25, 0.3) is 0 Å². The number of nitrogens with zero attached hydrogens (tertiary/aromatic N) is 2. The van der Waals surface area contributed by atoms with Crippen molar-refractivity contribution in [3.05, 3.63) is 29.1 Å². The van der Waals surface area contributed by atoms with Gasteiger partial charge in [-0.3, -0.25) is 4.79 Å². The molecular weight excluding hydrogens is 300 g/mol. The van der Waals surface area contributed by atoms with Gasteiger partial charge in [0, 0.05) is 12.6 Å². The first kappa shape index (κ1) is 14.7. The van der Waals surface area contributed by atoms with Crippen LogP contribution in [-0.2, 0) is 4.79 Å². The van der Waals surface area contributed by atoms with Gasteiger partial charge in [-0.2, -0.15) is 0 Å². The zero-order chi connectivity index (χ0) is 14.7. The number of benzene rings is 1. The summed E-state index contributed by atoms with van der Waals surface area (Å²) in [4.78, 5) is 12.0. The summed E-state index contributed by atoms with van der Waals surface area (Å²) in [5, 5.41) is 10.6. The summed E-state index contributed by atoms with van der Waals surface area (Å²) in [7, 11) is 0. The van der Waals surface area contributed by atoms with Crippen LogP contribution in [0, 0.1) is 6.92 Å². The SMILES string of the molecule is Cc1nnc(SC(C)C(=O)Nc2ccc(N)cc2Cl)o1. The van der Waals surface area contributed by atoms with E-state index < -0.39 is 5.25 Å². The third kappa shape index (κ3) is 3.64. The molecule has 1 amide bonds. The largest absolute Gasteiger partial charge is 0.416 e. The Morgan fingerprint density at radius 3 is 2.85 bits per heavy atom. The highest BCUT2D eigenvalue weighted by Crippen LogP contribution is 2.26. The Balaban J connectivity index is 2.00. The summed E-state index contributed by atoms with van der Waals surface area (Å²) in [6.45, 7) is 3.43. The van der Waals surface area contributed by atoms with Gasteiger partial charge in [-0.25, -0.2) is 0 Å². The van der Waals surface area contributed by atoms with Gasteiger partial charge in [0.1, 0.15) is 0 Å². The van der Waals surface area contributed by atoms with Crippen LogP contribution in [0.15, 0.2) is 27.8 Å². The van der Waals surface area contributed by atoms with Crippen molar-refractivity contribution in [3.8, 4) is 0 Å². The van der Waals surface area contributed by atoms with E-state index in [1.54, 1.807) is 32.0 Å². The normalized spacial score (nSPS) is 12.2. The zero-order valence-electron chi connectivity index (χ0n) is 10.9. The number of anilines is 2. The molecule has 106 valence electrons. The number of nitrogens with one attached hydrogen (secondary N) is 1. The number of hydrogen-bond acceptors (Lipinski definition) is 6. The van der Waals surface area contributed by atoms with E-state index >= 15 is 0 Å². The highest BCUT2D eigenvalue weighted by Gasteiger charge is 2.18. The van der Waals surface area contributed by atoms with Crippen molar-refractivity contribution in [1.29, 1.82) is 0 Å². The lowest BCUT2D eigenvalue weighted by molar-refractivity contribution is -0.115. The number of carbonyl (C=O) groups excluding carboxylic acids is 1. The molecule has 0 fully saturated rings. The van der Waals surface area contributed by atoms with E-state index in [0.29, 0.717) is 27.5 Å². The van der Waals surface area contributed by atoms with Crippen molar-refractivity contribution in [2.24, 2.45) is 0 Å². The molecule has 1 unspecified atom stereocenters. The predicted octanol–water partition coefficient (Wildman–Crippen LogP) is 2.73. The van der Waals surface area contributed by atoms with Gasteiger partial charge in [-0.05, 0) is 25.1 Å². The van der Waals surface area contributed by atoms with Gasteiger partial charge >= 0.3 is 0 Å². The van der Waals surface area contributed by atoms with E-state index in [-0.39, 0.29) is 5.91 Å². The number of aromatic nitrogens is 2. The molecule has 6 nitrogen and oxygen atoms in total. The van der Waals surface area contributed by atoms with E-state index in [1.807, 2.05) is 0 Å². The average molecular weight is 313 g/mol. The molecule has 0 spiro atoms. The van der Waals surface area contributed by atoms with Gasteiger partial charge < -0.3 is 15.5 Å². The molecule has 0 saturated heterocycles. The third-order valence-corrected chi connectivity index (χ3v) is 3.65. The minimum atomic E-state index is -0.400. The Labute approximate surface area is 125 Å². The minimum absolute atomic E-state index is 0.211. The third-order valence-electron chi connectivity index (χ3n) is 2.41.